The van der Waals surface area contributed by atoms with Crippen molar-refractivity contribution in [3.05, 3.63) is 71.2 Å². The smallest absolute Gasteiger partial charge is 0.410 e. The average Bonchev–Trinajstić information content (AvgIpc) is 3.46. The zero-order valence-electron chi connectivity index (χ0n) is 35.1. The molecule has 1 saturated carbocycles. The van der Waals surface area contributed by atoms with E-state index in [1.165, 1.54) is 11.9 Å². The highest BCUT2D eigenvalue weighted by atomic mass is 19.1. The van der Waals surface area contributed by atoms with Crippen LogP contribution in [-0.4, -0.2) is 127 Å². The van der Waals surface area contributed by atoms with Crippen molar-refractivity contribution in [3.8, 4) is 0 Å². The van der Waals surface area contributed by atoms with Crippen molar-refractivity contribution in [2.24, 2.45) is 5.92 Å². The summed E-state index contributed by atoms with van der Waals surface area (Å²) in [5.41, 5.74) is 1.92. The van der Waals surface area contributed by atoms with E-state index in [9.17, 15) is 19.2 Å². The second-order valence-electron chi connectivity index (χ2n) is 16.3. The second-order valence-corrected chi connectivity index (χ2v) is 16.3. The van der Waals surface area contributed by atoms with Crippen molar-refractivity contribution in [2.75, 3.05) is 66.3 Å². The summed E-state index contributed by atoms with van der Waals surface area (Å²) in [6.07, 6.45) is 4.06. The fourth-order valence-corrected chi connectivity index (χ4v) is 7.52. The van der Waals surface area contributed by atoms with Crippen LogP contribution < -0.4 is 5.32 Å². The monoisotopic (exact) mass is 807 g/mol. The molecule has 1 aromatic heterocycles. The van der Waals surface area contributed by atoms with Crippen molar-refractivity contribution in [1.29, 1.82) is 0 Å². The van der Waals surface area contributed by atoms with Gasteiger partial charge in [-0.05, 0) is 77.1 Å². The zero-order chi connectivity index (χ0) is 41.8. The molecule has 4 amide bonds. The Labute approximate surface area is 342 Å². The highest BCUT2D eigenvalue weighted by Gasteiger charge is 2.38. The van der Waals surface area contributed by atoms with Gasteiger partial charge < -0.3 is 38.6 Å². The predicted octanol–water partition coefficient (Wildman–Crippen LogP) is 5.94. The van der Waals surface area contributed by atoms with Crippen LogP contribution in [0.15, 0.2) is 48.5 Å². The molecule has 2 heterocycles. The van der Waals surface area contributed by atoms with Crippen LogP contribution in [0, 0.1) is 18.7 Å². The third-order valence-electron chi connectivity index (χ3n) is 11.0. The van der Waals surface area contributed by atoms with Gasteiger partial charge in [0.15, 0.2) is 5.82 Å². The molecule has 58 heavy (non-hydrogen) atoms. The lowest BCUT2D eigenvalue weighted by atomic mass is 9.83. The van der Waals surface area contributed by atoms with Crippen LogP contribution >= 0.6 is 0 Å². The molecule has 1 saturated heterocycles. The maximum Gasteiger partial charge on any atom is 0.410 e. The standard InChI is InChI=1S/C44H62FN5O8/c1-31-38(45)36-29-35(17-18-37(36)50(31)23-24-55-25-26-56-27-28-57-30-33-13-9-7-10-14-33)41(52)48-19-21-49(22-20-48)42(53)39(34-15-11-8-12-16-34)46-40(51)32(2)47(6)43(54)58-44(3,4)5/h7,9-10,13-14,17-18,29,32,34,39H,8,11-12,15-16,19-28,30H2,1-6H3,(H,46,51). The van der Waals surface area contributed by atoms with Crippen molar-refractivity contribution >= 4 is 34.7 Å². The largest absolute Gasteiger partial charge is 0.444 e. The van der Waals surface area contributed by atoms with Gasteiger partial charge in [-0.25, -0.2) is 9.18 Å². The summed E-state index contributed by atoms with van der Waals surface area (Å²) in [5.74, 6) is -1.24. The summed E-state index contributed by atoms with van der Waals surface area (Å²) in [6, 6.07) is 13.5. The minimum Gasteiger partial charge on any atom is -0.444 e. The van der Waals surface area contributed by atoms with E-state index < -0.39 is 29.7 Å². The van der Waals surface area contributed by atoms with Crippen LogP contribution in [0.5, 0.6) is 0 Å². The summed E-state index contributed by atoms with van der Waals surface area (Å²) >= 11 is 0. The van der Waals surface area contributed by atoms with E-state index in [0.717, 1.165) is 37.7 Å². The number of nitrogens with zero attached hydrogens (tertiary/aromatic N) is 4. The molecule has 0 radical (unpaired) electrons. The van der Waals surface area contributed by atoms with E-state index in [-0.39, 0.29) is 23.5 Å². The molecule has 1 aliphatic heterocycles. The Hall–Kier alpha value is -4.53. The molecule has 1 N–H and O–H groups in total. The van der Waals surface area contributed by atoms with Gasteiger partial charge >= 0.3 is 6.09 Å². The third-order valence-corrected chi connectivity index (χ3v) is 11.0. The second kappa shape index (κ2) is 20.9. The lowest BCUT2D eigenvalue weighted by Crippen LogP contribution is -2.59. The van der Waals surface area contributed by atoms with Gasteiger partial charge in [-0.2, -0.15) is 0 Å². The zero-order valence-corrected chi connectivity index (χ0v) is 35.1. The molecule has 13 nitrogen and oxygen atoms in total. The molecule has 3 aromatic rings. The van der Waals surface area contributed by atoms with E-state index in [4.69, 9.17) is 18.9 Å². The summed E-state index contributed by atoms with van der Waals surface area (Å²) in [6.45, 7) is 13.0. The summed E-state index contributed by atoms with van der Waals surface area (Å²) in [4.78, 5) is 58.5. The number of benzene rings is 2. The normalized spacial score (nSPS) is 16.3. The number of rotatable bonds is 17. The van der Waals surface area contributed by atoms with E-state index in [2.05, 4.69) is 5.32 Å². The van der Waals surface area contributed by atoms with Crippen LogP contribution in [0.3, 0.4) is 0 Å². The number of halogens is 1. The average molecular weight is 808 g/mol. The molecule has 318 valence electrons. The fourth-order valence-electron chi connectivity index (χ4n) is 7.52. The number of likely N-dealkylation sites (N-methyl/N-ethyl adjacent to an activating group) is 1. The maximum absolute atomic E-state index is 15.5. The highest BCUT2D eigenvalue weighted by Crippen LogP contribution is 2.29. The Kier molecular flexibility index (Phi) is 16.1. The molecule has 2 aliphatic rings. The minimum absolute atomic E-state index is 0.0251. The molecule has 1 aliphatic carbocycles. The Bertz CT molecular complexity index is 1830. The maximum atomic E-state index is 15.5. The highest BCUT2D eigenvalue weighted by molar-refractivity contribution is 5.99. The van der Waals surface area contributed by atoms with E-state index in [1.807, 2.05) is 34.9 Å². The minimum atomic E-state index is -0.855. The summed E-state index contributed by atoms with van der Waals surface area (Å²) < 4.78 is 39.8. The number of ether oxygens (including phenoxy) is 4. The topological polar surface area (TPSA) is 132 Å². The number of fused-ring (bicyclic) bond motifs is 1. The van der Waals surface area contributed by atoms with Gasteiger partial charge in [-0.3, -0.25) is 19.3 Å². The quantitative estimate of drug-likeness (QED) is 0.166. The first-order chi connectivity index (χ1) is 27.7. The van der Waals surface area contributed by atoms with E-state index in [0.29, 0.717) is 94.5 Å². The third kappa shape index (κ3) is 12.0. The van der Waals surface area contributed by atoms with E-state index in [1.54, 1.807) is 62.6 Å². The SMILES string of the molecule is Cc1c(F)c2cc(C(=O)N3CCN(C(=O)C(NC(=O)C(C)N(C)C(=O)OC(C)(C)C)C4CCCCC4)CC3)ccc2n1CCOCCOCCOCc1ccccc1. The van der Waals surface area contributed by atoms with Crippen molar-refractivity contribution < 1.29 is 42.5 Å². The number of nitrogens with one attached hydrogen (secondary N) is 1. The Morgan fingerprint density at radius 2 is 1.48 bits per heavy atom. The van der Waals surface area contributed by atoms with Gasteiger partial charge in [0.25, 0.3) is 5.91 Å². The van der Waals surface area contributed by atoms with Crippen LogP contribution in [0.1, 0.15) is 81.4 Å². The summed E-state index contributed by atoms with van der Waals surface area (Å²) in [5, 5.41) is 3.36. The van der Waals surface area contributed by atoms with Crippen molar-refractivity contribution in [1.82, 2.24) is 24.6 Å². The fraction of sp³-hybridized carbons (Fsp3) is 0.591. The molecule has 0 bridgehead atoms. The molecule has 2 aromatic carbocycles. The van der Waals surface area contributed by atoms with Crippen LogP contribution in [0.4, 0.5) is 9.18 Å². The van der Waals surface area contributed by atoms with Gasteiger partial charge in [-0.1, -0.05) is 49.6 Å². The Morgan fingerprint density at radius 1 is 0.862 bits per heavy atom. The lowest BCUT2D eigenvalue weighted by molar-refractivity contribution is -0.140. The van der Waals surface area contributed by atoms with Gasteiger partial charge in [0, 0.05) is 50.7 Å². The molecule has 2 unspecified atom stereocenters. The van der Waals surface area contributed by atoms with Crippen LogP contribution in [0.25, 0.3) is 10.9 Å². The number of aromatic nitrogens is 1. The van der Waals surface area contributed by atoms with Crippen LogP contribution in [-0.2, 0) is 41.7 Å². The first-order valence-corrected chi connectivity index (χ1v) is 20.6. The number of hydrogen-bond acceptors (Lipinski definition) is 8. The molecule has 2 fully saturated rings. The van der Waals surface area contributed by atoms with Gasteiger partial charge in [0.2, 0.25) is 11.8 Å². The molecule has 0 spiro atoms. The predicted molar refractivity (Wildman–Crippen MR) is 219 cm³/mol. The van der Waals surface area contributed by atoms with E-state index >= 15 is 4.39 Å². The first-order valence-electron chi connectivity index (χ1n) is 20.6. The summed E-state index contributed by atoms with van der Waals surface area (Å²) in [7, 11) is 1.51. The molecule has 14 heteroatoms. The Morgan fingerprint density at radius 3 is 2.14 bits per heavy atom. The Balaban J connectivity index is 1.10. The molecular weight excluding hydrogens is 746 g/mol. The lowest BCUT2D eigenvalue weighted by Gasteiger charge is -2.39. The number of hydrogen-bond donors (Lipinski definition) is 1. The molecule has 2 atom stereocenters. The number of carbonyl (C=O) groups is 4. The molecular formula is C44H62FN5O8. The van der Waals surface area contributed by atoms with Gasteiger partial charge in [-0.15, -0.1) is 0 Å². The van der Waals surface area contributed by atoms with Crippen molar-refractivity contribution in [3.63, 3.8) is 0 Å². The van der Waals surface area contributed by atoms with Crippen LogP contribution in [0.2, 0.25) is 0 Å². The molecule has 5 rings (SSSR count). The van der Waals surface area contributed by atoms with Gasteiger partial charge in [0.1, 0.15) is 17.7 Å². The number of piperazine rings is 1. The van der Waals surface area contributed by atoms with Crippen molar-refractivity contribution in [2.45, 2.75) is 97.6 Å². The number of carbonyl (C=O) groups excluding carboxylic acids is 4. The first kappa shape index (κ1) is 44.6. The number of amides is 4. The van der Waals surface area contributed by atoms with Gasteiger partial charge in [0.05, 0.1) is 50.9 Å².